The Morgan fingerprint density at radius 3 is 2.52 bits per heavy atom. The van der Waals surface area contributed by atoms with E-state index in [0.717, 1.165) is 4.90 Å². The van der Waals surface area contributed by atoms with Gasteiger partial charge in [-0.25, -0.2) is 0 Å². The Morgan fingerprint density at radius 1 is 1.19 bits per heavy atom. The van der Waals surface area contributed by atoms with Crippen LogP contribution in [-0.2, 0) is 9.59 Å². The van der Waals surface area contributed by atoms with E-state index in [0.29, 0.717) is 10.8 Å². The number of amides is 1. The van der Waals surface area contributed by atoms with Crippen molar-refractivity contribution in [3.8, 4) is 0 Å². The number of Topliss-reactive ketones (excluding diaryl/α,β-unsaturated/α-hetero) is 1. The average molecular weight is 440 g/mol. The van der Waals surface area contributed by atoms with Crippen LogP contribution in [0.3, 0.4) is 0 Å². The number of carbonyl (C=O) groups is 2. The van der Waals surface area contributed by atoms with Crippen LogP contribution in [0.5, 0.6) is 0 Å². The maximum atomic E-state index is 13.0. The van der Waals surface area contributed by atoms with E-state index in [9.17, 15) is 24.8 Å². The second kappa shape index (κ2) is 7.69. The number of aliphatic hydroxyl groups excluding tert-OH is 1. The summed E-state index contributed by atoms with van der Waals surface area (Å²) in [5.74, 6) is -1.89. The molecule has 0 bridgehead atoms. The minimum atomic E-state index is -1.15. The van der Waals surface area contributed by atoms with Crippen LogP contribution in [-0.4, -0.2) is 26.9 Å². The van der Waals surface area contributed by atoms with Gasteiger partial charge in [-0.15, -0.1) is 0 Å². The summed E-state index contributed by atoms with van der Waals surface area (Å²) in [6.07, 6.45) is 0. The standard InChI is InChI=1S/C21H14ClN3O6/c1-11-9-16(23-31-11)24-18(13-3-2-4-15(10-13)25(29)30)17(20(27)21(24)28)19(26)12-5-7-14(22)8-6-12/h2-10,18,26H,1H3/b19-17-. The number of nitro benzene ring substituents is 1. The number of aliphatic hydroxyl groups is 1. The molecule has 1 unspecified atom stereocenters. The molecule has 1 aliphatic heterocycles. The molecule has 4 rings (SSSR count). The van der Waals surface area contributed by atoms with Crippen LogP contribution in [0.15, 0.2) is 64.7 Å². The zero-order valence-electron chi connectivity index (χ0n) is 16.0. The average Bonchev–Trinajstić information content (AvgIpc) is 3.29. The van der Waals surface area contributed by atoms with E-state index in [-0.39, 0.29) is 28.2 Å². The zero-order valence-corrected chi connectivity index (χ0v) is 16.7. The number of aromatic nitrogens is 1. The molecule has 1 fully saturated rings. The summed E-state index contributed by atoms with van der Waals surface area (Å²) in [5, 5.41) is 26.5. The van der Waals surface area contributed by atoms with Gasteiger partial charge in [0.15, 0.2) is 5.82 Å². The van der Waals surface area contributed by atoms with Crippen molar-refractivity contribution in [2.24, 2.45) is 0 Å². The molecule has 1 saturated heterocycles. The van der Waals surface area contributed by atoms with Gasteiger partial charge >= 0.3 is 5.91 Å². The number of carbonyl (C=O) groups excluding carboxylic acids is 2. The van der Waals surface area contributed by atoms with Gasteiger partial charge in [-0.1, -0.05) is 28.9 Å². The van der Waals surface area contributed by atoms with Gasteiger partial charge in [-0.3, -0.25) is 24.6 Å². The molecular weight excluding hydrogens is 426 g/mol. The summed E-state index contributed by atoms with van der Waals surface area (Å²) in [6, 6.07) is 11.8. The number of ketones is 1. The molecule has 3 aromatic rings. The summed E-state index contributed by atoms with van der Waals surface area (Å²) in [6.45, 7) is 1.61. The van der Waals surface area contributed by atoms with E-state index in [4.69, 9.17) is 16.1 Å². The summed E-state index contributed by atoms with van der Waals surface area (Å²) >= 11 is 5.90. The molecule has 1 atom stereocenters. The van der Waals surface area contributed by atoms with E-state index in [1.165, 1.54) is 54.6 Å². The third-order valence-corrected chi connectivity index (χ3v) is 5.07. The molecule has 0 radical (unpaired) electrons. The Hall–Kier alpha value is -3.98. The monoisotopic (exact) mass is 439 g/mol. The van der Waals surface area contributed by atoms with Gasteiger partial charge < -0.3 is 9.63 Å². The zero-order chi connectivity index (χ0) is 22.3. The van der Waals surface area contributed by atoms with Gasteiger partial charge in [0.25, 0.3) is 11.5 Å². The first-order chi connectivity index (χ1) is 14.8. The lowest BCUT2D eigenvalue weighted by molar-refractivity contribution is -0.384. The van der Waals surface area contributed by atoms with Gasteiger partial charge in [0.2, 0.25) is 0 Å². The first kappa shape index (κ1) is 20.3. The Balaban J connectivity index is 1.96. The fourth-order valence-electron chi connectivity index (χ4n) is 3.42. The fourth-order valence-corrected chi connectivity index (χ4v) is 3.55. The van der Waals surface area contributed by atoms with E-state index >= 15 is 0 Å². The number of nitro groups is 1. The third kappa shape index (κ3) is 3.55. The summed E-state index contributed by atoms with van der Waals surface area (Å²) in [7, 11) is 0. The number of halogens is 1. The fraction of sp³-hybridized carbons (Fsp3) is 0.0952. The maximum absolute atomic E-state index is 13.0. The highest BCUT2D eigenvalue weighted by molar-refractivity contribution is 6.51. The normalized spacial score (nSPS) is 17.9. The van der Waals surface area contributed by atoms with Crippen molar-refractivity contribution in [2.45, 2.75) is 13.0 Å². The van der Waals surface area contributed by atoms with E-state index < -0.39 is 28.4 Å². The quantitative estimate of drug-likeness (QED) is 0.212. The molecule has 2 aromatic carbocycles. The van der Waals surface area contributed by atoms with Crippen molar-refractivity contribution < 1.29 is 24.1 Å². The topological polar surface area (TPSA) is 127 Å². The van der Waals surface area contributed by atoms with Crippen LogP contribution >= 0.6 is 11.6 Å². The van der Waals surface area contributed by atoms with E-state index in [2.05, 4.69) is 5.16 Å². The van der Waals surface area contributed by atoms with E-state index in [1.807, 2.05) is 0 Å². The second-order valence-corrected chi connectivity index (χ2v) is 7.26. The molecule has 156 valence electrons. The van der Waals surface area contributed by atoms with Gasteiger partial charge in [0, 0.05) is 28.8 Å². The number of nitrogens with zero attached hydrogens (tertiary/aromatic N) is 3. The number of anilines is 1. The lowest BCUT2D eigenvalue weighted by Gasteiger charge is -2.22. The van der Waals surface area contributed by atoms with E-state index in [1.54, 1.807) is 6.92 Å². The molecule has 2 heterocycles. The van der Waals surface area contributed by atoms with Gasteiger partial charge in [-0.2, -0.15) is 0 Å². The van der Waals surface area contributed by atoms with Crippen LogP contribution in [0.1, 0.15) is 22.9 Å². The maximum Gasteiger partial charge on any atom is 0.301 e. The van der Waals surface area contributed by atoms with Crippen molar-refractivity contribution >= 4 is 40.6 Å². The minimum Gasteiger partial charge on any atom is -0.507 e. The van der Waals surface area contributed by atoms with Crippen molar-refractivity contribution in [3.63, 3.8) is 0 Å². The van der Waals surface area contributed by atoms with Crippen LogP contribution < -0.4 is 4.90 Å². The van der Waals surface area contributed by atoms with Crippen molar-refractivity contribution in [1.82, 2.24) is 5.16 Å². The number of rotatable bonds is 4. The summed E-state index contributed by atoms with van der Waals surface area (Å²) in [5.41, 5.74) is 0.0538. The smallest absolute Gasteiger partial charge is 0.301 e. The molecule has 0 saturated carbocycles. The van der Waals surface area contributed by atoms with Crippen LogP contribution in [0, 0.1) is 17.0 Å². The molecule has 1 aliphatic rings. The molecule has 1 amide bonds. The molecule has 0 spiro atoms. The predicted octanol–water partition coefficient (Wildman–Crippen LogP) is 4.17. The summed E-state index contributed by atoms with van der Waals surface area (Å²) in [4.78, 5) is 37.6. The van der Waals surface area contributed by atoms with Gasteiger partial charge in [0.05, 0.1) is 16.5 Å². The van der Waals surface area contributed by atoms with Crippen molar-refractivity contribution in [2.75, 3.05) is 4.90 Å². The van der Waals surface area contributed by atoms with Crippen LogP contribution in [0.2, 0.25) is 5.02 Å². The molecule has 0 aliphatic carbocycles. The van der Waals surface area contributed by atoms with Crippen LogP contribution in [0.25, 0.3) is 5.76 Å². The predicted molar refractivity (Wildman–Crippen MR) is 111 cm³/mol. The first-order valence-corrected chi connectivity index (χ1v) is 9.40. The number of hydrogen-bond donors (Lipinski definition) is 1. The molecule has 10 heteroatoms. The SMILES string of the molecule is Cc1cc(N2C(=O)C(=O)/C(=C(\O)c3ccc(Cl)cc3)C2c2cccc([N+](=O)[O-])c2)no1. The molecule has 9 nitrogen and oxygen atoms in total. The number of aryl methyl sites for hydroxylation is 1. The molecular formula is C21H14ClN3O6. The Morgan fingerprint density at radius 2 is 1.90 bits per heavy atom. The van der Waals surface area contributed by atoms with Gasteiger partial charge in [0.1, 0.15) is 11.5 Å². The number of benzene rings is 2. The largest absolute Gasteiger partial charge is 0.507 e. The Kier molecular flexibility index (Phi) is 5.04. The Bertz CT molecular complexity index is 1250. The molecule has 31 heavy (non-hydrogen) atoms. The van der Waals surface area contributed by atoms with Crippen LogP contribution in [0.4, 0.5) is 11.5 Å². The van der Waals surface area contributed by atoms with Crippen molar-refractivity contribution in [1.29, 1.82) is 0 Å². The first-order valence-electron chi connectivity index (χ1n) is 9.02. The highest BCUT2D eigenvalue weighted by atomic mass is 35.5. The lowest BCUT2D eigenvalue weighted by Crippen LogP contribution is -2.29. The molecule has 1 aromatic heterocycles. The Labute approximate surface area is 180 Å². The van der Waals surface area contributed by atoms with Crippen molar-refractivity contribution in [3.05, 3.63) is 92.2 Å². The lowest BCUT2D eigenvalue weighted by atomic mass is 9.95. The highest BCUT2D eigenvalue weighted by Crippen LogP contribution is 2.42. The minimum absolute atomic E-state index is 0.0475. The number of hydrogen-bond acceptors (Lipinski definition) is 7. The second-order valence-electron chi connectivity index (χ2n) is 6.82. The highest BCUT2D eigenvalue weighted by Gasteiger charge is 2.48. The van der Waals surface area contributed by atoms with Gasteiger partial charge in [-0.05, 0) is 36.8 Å². The number of non-ortho nitro benzene ring substituents is 1. The molecule has 1 N–H and O–H groups in total. The third-order valence-electron chi connectivity index (χ3n) is 4.82. The summed E-state index contributed by atoms with van der Waals surface area (Å²) < 4.78 is 5.04.